The number of benzene rings is 1. The summed E-state index contributed by atoms with van der Waals surface area (Å²) in [6.07, 6.45) is 7.27. The number of carbonyl (C=O) groups excluding carboxylic acids is 1. The van der Waals surface area contributed by atoms with E-state index in [2.05, 4.69) is 10.4 Å². The highest BCUT2D eigenvalue weighted by Crippen LogP contribution is 2.39. The second-order valence-corrected chi connectivity index (χ2v) is 8.15. The number of rotatable bonds is 3. The zero-order chi connectivity index (χ0) is 18.3. The molecule has 3 N–H and O–H groups in total. The fraction of sp³-hybridized carbons (Fsp3) is 0.500. The van der Waals surface area contributed by atoms with E-state index >= 15 is 0 Å². The van der Waals surface area contributed by atoms with Gasteiger partial charge in [-0.25, -0.2) is 4.68 Å². The largest absolute Gasteiger partial charge is 0.349 e. The molecule has 5 nitrogen and oxygen atoms in total. The molecule has 138 valence electrons. The van der Waals surface area contributed by atoms with E-state index in [9.17, 15) is 4.79 Å². The first-order valence-electron chi connectivity index (χ1n) is 9.40. The molecule has 1 aromatic heterocycles. The number of amides is 1. The molecular weight excluding hydrogens is 348 g/mol. The molecule has 2 atom stereocenters. The minimum absolute atomic E-state index is 0.0277. The summed E-state index contributed by atoms with van der Waals surface area (Å²) >= 11 is 5.96. The molecule has 0 spiro atoms. The van der Waals surface area contributed by atoms with Gasteiger partial charge in [-0.15, -0.1) is 0 Å². The number of aromatic nitrogens is 2. The maximum absolute atomic E-state index is 12.9. The van der Waals surface area contributed by atoms with E-state index in [1.807, 2.05) is 31.2 Å². The predicted octanol–water partition coefficient (Wildman–Crippen LogP) is 3.47. The Morgan fingerprint density at radius 3 is 2.54 bits per heavy atom. The molecule has 4 rings (SSSR count). The highest BCUT2D eigenvalue weighted by molar-refractivity contribution is 6.30. The second kappa shape index (κ2) is 7.05. The Hall–Kier alpha value is -1.85. The normalized spacial score (nSPS) is 28.0. The lowest BCUT2D eigenvalue weighted by molar-refractivity contribution is 0.0755. The SMILES string of the molecule is Cc1c(C(=O)NC2C3CCCC2CC(N)C3)cnn1-c1ccc(Cl)cc1. The molecule has 0 saturated heterocycles. The molecule has 0 aliphatic heterocycles. The summed E-state index contributed by atoms with van der Waals surface area (Å²) in [6.45, 7) is 1.92. The summed E-state index contributed by atoms with van der Waals surface area (Å²) in [6, 6.07) is 7.98. The van der Waals surface area contributed by atoms with Gasteiger partial charge in [0, 0.05) is 17.1 Å². The van der Waals surface area contributed by atoms with Crippen molar-refractivity contribution in [2.75, 3.05) is 0 Å². The number of nitrogens with one attached hydrogen (secondary N) is 1. The first-order valence-corrected chi connectivity index (χ1v) is 9.77. The van der Waals surface area contributed by atoms with E-state index in [0.29, 0.717) is 22.4 Å². The van der Waals surface area contributed by atoms with Gasteiger partial charge in [0.2, 0.25) is 0 Å². The zero-order valence-electron chi connectivity index (χ0n) is 15.0. The summed E-state index contributed by atoms with van der Waals surface area (Å²) in [4.78, 5) is 12.9. The van der Waals surface area contributed by atoms with Crippen LogP contribution in [0, 0.1) is 18.8 Å². The molecule has 2 saturated carbocycles. The molecule has 6 heteroatoms. The first kappa shape index (κ1) is 17.6. The van der Waals surface area contributed by atoms with Crippen LogP contribution in [0.15, 0.2) is 30.5 Å². The van der Waals surface area contributed by atoms with Crippen molar-refractivity contribution < 1.29 is 4.79 Å². The molecule has 1 amide bonds. The van der Waals surface area contributed by atoms with Crippen molar-refractivity contribution in [3.63, 3.8) is 0 Å². The van der Waals surface area contributed by atoms with E-state index in [-0.39, 0.29) is 18.0 Å². The molecule has 2 bridgehead atoms. The molecule has 0 radical (unpaired) electrons. The Bertz CT molecular complexity index is 787. The third kappa shape index (κ3) is 3.26. The highest BCUT2D eigenvalue weighted by Gasteiger charge is 2.40. The van der Waals surface area contributed by atoms with E-state index in [0.717, 1.165) is 37.1 Å². The lowest BCUT2D eigenvalue weighted by atomic mass is 9.67. The minimum atomic E-state index is -0.0277. The number of nitrogens with two attached hydrogens (primary N) is 1. The van der Waals surface area contributed by atoms with Gasteiger partial charge in [-0.3, -0.25) is 4.79 Å². The minimum Gasteiger partial charge on any atom is -0.349 e. The monoisotopic (exact) mass is 372 g/mol. The summed E-state index contributed by atoms with van der Waals surface area (Å²) < 4.78 is 1.78. The molecular formula is C20H25ClN4O. The van der Waals surface area contributed by atoms with Crippen LogP contribution in [-0.2, 0) is 0 Å². The van der Waals surface area contributed by atoms with Gasteiger partial charge < -0.3 is 11.1 Å². The lowest BCUT2D eigenvalue weighted by Gasteiger charge is -2.45. The van der Waals surface area contributed by atoms with Crippen LogP contribution in [0.2, 0.25) is 5.02 Å². The third-order valence-corrected chi connectivity index (χ3v) is 6.25. The molecule has 26 heavy (non-hydrogen) atoms. The van der Waals surface area contributed by atoms with Crippen LogP contribution >= 0.6 is 11.6 Å². The second-order valence-electron chi connectivity index (χ2n) is 7.71. The van der Waals surface area contributed by atoms with E-state index < -0.39 is 0 Å². The average Bonchev–Trinajstić information content (AvgIpc) is 2.98. The van der Waals surface area contributed by atoms with E-state index in [1.54, 1.807) is 10.9 Å². The summed E-state index contributed by atoms with van der Waals surface area (Å²) in [5.74, 6) is 0.987. The Labute approximate surface area is 158 Å². The Morgan fingerprint density at radius 2 is 1.88 bits per heavy atom. The van der Waals surface area contributed by atoms with Crippen molar-refractivity contribution in [2.45, 2.75) is 51.1 Å². The number of nitrogens with zero attached hydrogens (tertiary/aromatic N) is 2. The van der Waals surface area contributed by atoms with Gasteiger partial charge in [-0.05, 0) is 68.7 Å². The number of hydrogen-bond acceptors (Lipinski definition) is 3. The third-order valence-electron chi connectivity index (χ3n) is 6.00. The van der Waals surface area contributed by atoms with Crippen molar-refractivity contribution in [1.29, 1.82) is 0 Å². The summed E-state index contributed by atoms with van der Waals surface area (Å²) in [5, 5.41) is 8.39. The standard InChI is InChI=1S/C20H25ClN4O/c1-12-18(11-23-25(12)17-7-5-15(21)6-8-17)20(26)24-19-13-3-2-4-14(19)10-16(22)9-13/h5-8,11,13-14,16,19H,2-4,9-10,22H2,1H3,(H,24,26). The van der Waals surface area contributed by atoms with Gasteiger partial charge in [0.1, 0.15) is 0 Å². The van der Waals surface area contributed by atoms with Gasteiger partial charge in [-0.1, -0.05) is 18.0 Å². The topological polar surface area (TPSA) is 72.9 Å². The molecule has 2 aliphatic carbocycles. The molecule has 2 aliphatic rings. The van der Waals surface area contributed by atoms with Crippen molar-refractivity contribution in [3.05, 3.63) is 46.7 Å². The number of carbonyl (C=O) groups is 1. The Kier molecular flexibility index (Phi) is 4.76. The van der Waals surface area contributed by atoms with Gasteiger partial charge in [0.15, 0.2) is 0 Å². The Balaban J connectivity index is 1.53. The molecule has 1 aromatic carbocycles. The maximum atomic E-state index is 12.9. The van der Waals surface area contributed by atoms with Crippen molar-refractivity contribution in [1.82, 2.24) is 15.1 Å². The van der Waals surface area contributed by atoms with Gasteiger partial charge in [0.25, 0.3) is 5.91 Å². The number of hydrogen-bond donors (Lipinski definition) is 2. The van der Waals surface area contributed by atoms with Gasteiger partial charge >= 0.3 is 0 Å². The number of halogens is 1. The van der Waals surface area contributed by atoms with Crippen LogP contribution in [0.3, 0.4) is 0 Å². The van der Waals surface area contributed by atoms with E-state index in [4.69, 9.17) is 17.3 Å². The fourth-order valence-electron chi connectivity index (χ4n) is 4.73. The quantitative estimate of drug-likeness (QED) is 0.866. The lowest BCUT2D eigenvalue weighted by Crippen LogP contribution is -2.53. The van der Waals surface area contributed by atoms with Crippen LogP contribution in [-0.4, -0.2) is 27.8 Å². The van der Waals surface area contributed by atoms with Crippen molar-refractivity contribution in [3.8, 4) is 5.69 Å². The van der Waals surface area contributed by atoms with Crippen LogP contribution in [0.5, 0.6) is 0 Å². The van der Waals surface area contributed by atoms with Crippen LogP contribution in [0.4, 0.5) is 0 Å². The molecule has 2 unspecified atom stereocenters. The van der Waals surface area contributed by atoms with Crippen LogP contribution in [0.25, 0.3) is 5.69 Å². The van der Waals surface area contributed by atoms with E-state index in [1.165, 1.54) is 6.42 Å². The molecule has 1 heterocycles. The zero-order valence-corrected chi connectivity index (χ0v) is 15.7. The molecule has 2 fully saturated rings. The summed E-state index contributed by atoms with van der Waals surface area (Å²) in [7, 11) is 0. The Morgan fingerprint density at radius 1 is 1.23 bits per heavy atom. The van der Waals surface area contributed by atoms with Crippen molar-refractivity contribution >= 4 is 17.5 Å². The molecule has 2 aromatic rings. The fourth-order valence-corrected chi connectivity index (χ4v) is 4.86. The highest BCUT2D eigenvalue weighted by atomic mass is 35.5. The first-order chi connectivity index (χ1) is 12.5. The average molecular weight is 373 g/mol. The van der Waals surface area contributed by atoms with Crippen LogP contribution < -0.4 is 11.1 Å². The number of fused-ring (bicyclic) bond motifs is 2. The van der Waals surface area contributed by atoms with Gasteiger partial charge in [0.05, 0.1) is 23.1 Å². The predicted molar refractivity (Wildman–Crippen MR) is 103 cm³/mol. The maximum Gasteiger partial charge on any atom is 0.254 e. The van der Waals surface area contributed by atoms with Crippen LogP contribution in [0.1, 0.15) is 48.2 Å². The summed E-state index contributed by atoms with van der Waals surface area (Å²) in [5.41, 5.74) is 8.56. The van der Waals surface area contributed by atoms with Crippen molar-refractivity contribution in [2.24, 2.45) is 17.6 Å². The smallest absolute Gasteiger partial charge is 0.254 e. The van der Waals surface area contributed by atoms with Gasteiger partial charge in [-0.2, -0.15) is 5.10 Å².